The Balaban J connectivity index is 1.57. The van der Waals surface area contributed by atoms with Crippen molar-refractivity contribution in [2.24, 2.45) is 0 Å². The zero-order valence-corrected chi connectivity index (χ0v) is 17.0. The van der Waals surface area contributed by atoms with Gasteiger partial charge in [0, 0.05) is 18.9 Å². The molecule has 2 heterocycles. The molecule has 0 aliphatic heterocycles. The summed E-state index contributed by atoms with van der Waals surface area (Å²) in [5.41, 5.74) is 0.250. The summed E-state index contributed by atoms with van der Waals surface area (Å²) in [5, 5.41) is 4.58. The van der Waals surface area contributed by atoms with E-state index in [0.29, 0.717) is 34.4 Å². The third-order valence-corrected chi connectivity index (χ3v) is 5.47. The number of hydrogen-bond donors (Lipinski definition) is 0. The SMILES string of the molecule is COc1ccccc1OCC(=O)N(CCn1cccn1)c1nc2c(F)cccc2s1. The molecule has 0 aliphatic rings. The first-order valence-electron chi connectivity index (χ1n) is 9.24. The van der Waals surface area contributed by atoms with Gasteiger partial charge in [-0.1, -0.05) is 29.5 Å². The molecular formula is C21H19FN4O3S. The monoisotopic (exact) mass is 426 g/mol. The van der Waals surface area contributed by atoms with Crippen LogP contribution in [0.5, 0.6) is 11.5 Å². The lowest BCUT2D eigenvalue weighted by molar-refractivity contribution is -0.120. The van der Waals surface area contributed by atoms with Crippen molar-refractivity contribution in [3.05, 3.63) is 66.7 Å². The fourth-order valence-electron chi connectivity index (χ4n) is 2.94. The molecule has 0 fully saturated rings. The second-order valence-electron chi connectivity index (χ2n) is 6.34. The number of carbonyl (C=O) groups is 1. The Kier molecular flexibility index (Phi) is 5.89. The molecule has 4 rings (SSSR count). The minimum Gasteiger partial charge on any atom is -0.493 e. The topological polar surface area (TPSA) is 69.5 Å². The van der Waals surface area contributed by atoms with Crippen LogP contribution in [-0.2, 0) is 11.3 Å². The highest BCUT2D eigenvalue weighted by Gasteiger charge is 2.22. The number of hydrogen-bond acceptors (Lipinski definition) is 6. The van der Waals surface area contributed by atoms with Gasteiger partial charge in [-0.05, 0) is 30.3 Å². The van der Waals surface area contributed by atoms with Gasteiger partial charge in [0.2, 0.25) is 0 Å². The number of nitrogens with zero attached hydrogens (tertiary/aromatic N) is 4. The van der Waals surface area contributed by atoms with Crippen LogP contribution < -0.4 is 14.4 Å². The van der Waals surface area contributed by atoms with Gasteiger partial charge in [0.15, 0.2) is 23.2 Å². The van der Waals surface area contributed by atoms with E-state index in [0.717, 1.165) is 0 Å². The number of halogens is 1. The van der Waals surface area contributed by atoms with E-state index in [2.05, 4.69) is 10.1 Å². The van der Waals surface area contributed by atoms with Crippen LogP contribution in [0.15, 0.2) is 60.9 Å². The number of carbonyl (C=O) groups excluding carboxylic acids is 1. The largest absolute Gasteiger partial charge is 0.493 e. The highest BCUT2D eigenvalue weighted by Crippen LogP contribution is 2.31. The van der Waals surface area contributed by atoms with E-state index < -0.39 is 5.82 Å². The third-order valence-electron chi connectivity index (χ3n) is 4.42. The molecule has 0 N–H and O–H groups in total. The molecule has 4 aromatic rings. The number of benzene rings is 2. The van der Waals surface area contributed by atoms with Gasteiger partial charge in [0.05, 0.1) is 18.4 Å². The van der Waals surface area contributed by atoms with Crippen LogP contribution in [0.3, 0.4) is 0 Å². The summed E-state index contributed by atoms with van der Waals surface area (Å²) in [5.74, 6) is 0.290. The minimum absolute atomic E-state index is 0.210. The van der Waals surface area contributed by atoms with Crippen molar-refractivity contribution >= 4 is 32.6 Å². The molecule has 0 spiro atoms. The van der Waals surface area contributed by atoms with E-state index in [1.165, 1.54) is 29.4 Å². The molecule has 0 saturated heterocycles. The van der Waals surface area contributed by atoms with Gasteiger partial charge in [-0.15, -0.1) is 0 Å². The zero-order chi connectivity index (χ0) is 20.9. The van der Waals surface area contributed by atoms with Crippen LogP contribution in [0.2, 0.25) is 0 Å². The van der Waals surface area contributed by atoms with Crippen molar-refractivity contribution in [2.45, 2.75) is 6.54 Å². The number of para-hydroxylation sites is 3. The number of fused-ring (bicyclic) bond motifs is 1. The standard InChI is InChI=1S/C21H19FN4O3S/c1-28-16-7-2-3-8-17(16)29-14-19(27)26(13-12-25-11-5-10-23-25)21-24-20-15(22)6-4-9-18(20)30-21/h2-11H,12-14H2,1H3. The molecule has 0 bridgehead atoms. The van der Waals surface area contributed by atoms with Crippen LogP contribution in [0.25, 0.3) is 10.2 Å². The summed E-state index contributed by atoms with van der Waals surface area (Å²) < 4.78 is 27.5. The molecular weight excluding hydrogens is 407 g/mol. The van der Waals surface area contributed by atoms with E-state index >= 15 is 0 Å². The molecule has 9 heteroatoms. The second-order valence-corrected chi connectivity index (χ2v) is 7.35. The molecule has 0 unspecified atom stereocenters. The molecule has 0 radical (unpaired) electrons. The van der Waals surface area contributed by atoms with Crippen molar-refractivity contribution in [3.63, 3.8) is 0 Å². The van der Waals surface area contributed by atoms with E-state index in [4.69, 9.17) is 9.47 Å². The van der Waals surface area contributed by atoms with Gasteiger partial charge in [-0.25, -0.2) is 9.37 Å². The number of amides is 1. The Morgan fingerprint density at radius 1 is 1.17 bits per heavy atom. The van der Waals surface area contributed by atoms with Crippen LogP contribution in [0.4, 0.5) is 9.52 Å². The van der Waals surface area contributed by atoms with Gasteiger partial charge >= 0.3 is 0 Å². The van der Waals surface area contributed by atoms with Crippen molar-refractivity contribution in [3.8, 4) is 11.5 Å². The smallest absolute Gasteiger partial charge is 0.266 e. The quantitative estimate of drug-likeness (QED) is 0.429. The summed E-state index contributed by atoms with van der Waals surface area (Å²) >= 11 is 1.26. The lowest BCUT2D eigenvalue weighted by Crippen LogP contribution is -2.37. The van der Waals surface area contributed by atoms with E-state index in [1.807, 2.05) is 18.3 Å². The zero-order valence-electron chi connectivity index (χ0n) is 16.2. The van der Waals surface area contributed by atoms with Crippen LogP contribution in [0, 0.1) is 5.82 Å². The van der Waals surface area contributed by atoms with Crippen LogP contribution >= 0.6 is 11.3 Å². The van der Waals surface area contributed by atoms with Crippen molar-refractivity contribution in [1.29, 1.82) is 0 Å². The van der Waals surface area contributed by atoms with Crippen LogP contribution in [0.1, 0.15) is 0 Å². The first-order valence-corrected chi connectivity index (χ1v) is 10.1. The van der Waals surface area contributed by atoms with Gasteiger partial charge in [-0.2, -0.15) is 5.10 Å². The Labute approximate surface area is 176 Å². The molecule has 154 valence electrons. The predicted molar refractivity (Wildman–Crippen MR) is 113 cm³/mol. The first-order chi connectivity index (χ1) is 14.7. The summed E-state index contributed by atoms with van der Waals surface area (Å²) in [6.45, 7) is 0.570. The number of thiazole rings is 1. The minimum atomic E-state index is -0.417. The number of rotatable bonds is 8. The van der Waals surface area contributed by atoms with Gasteiger partial charge < -0.3 is 9.47 Å². The van der Waals surface area contributed by atoms with E-state index in [-0.39, 0.29) is 18.0 Å². The molecule has 2 aromatic carbocycles. The number of methoxy groups -OCH3 is 1. The molecule has 1 amide bonds. The van der Waals surface area contributed by atoms with Gasteiger partial charge in [0.1, 0.15) is 11.3 Å². The van der Waals surface area contributed by atoms with Gasteiger partial charge in [-0.3, -0.25) is 14.4 Å². The molecule has 0 aliphatic carbocycles. The average molecular weight is 426 g/mol. The maximum absolute atomic E-state index is 14.1. The molecule has 30 heavy (non-hydrogen) atoms. The third kappa shape index (κ3) is 4.25. The summed E-state index contributed by atoms with van der Waals surface area (Å²) in [7, 11) is 1.54. The van der Waals surface area contributed by atoms with Gasteiger partial charge in [0.25, 0.3) is 5.91 Å². The summed E-state index contributed by atoms with van der Waals surface area (Å²) in [4.78, 5) is 18.9. The maximum Gasteiger partial charge on any atom is 0.266 e. The normalized spacial score (nSPS) is 10.9. The number of aromatic nitrogens is 3. The number of anilines is 1. The summed E-state index contributed by atoms with van der Waals surface area (Å²) in [6, 6.07) is 13.7. The number of ether oxygens (including phenoxy) is 2. The average Bonchev–Trinajstić information content (AvgIpc) is 3.43. The van der Waals surface area contributed by atoms with Crippen molar-refractivity contribution < 1.29 is 18.7 Å². The van der Waals surface area contributed by atoms with Crippen LogP contribution in [-0.4, -0.2) is 40.9 Å². The lowest BCUT2D eigenvalue weighted by Gasteiger charge is -2.20. The molecule has 7 nitrogen and oxygen atoms in total. The fourth-order valence-corrected chi connectivity index (χ4v) is 3.96. The van der Waals surface area contributed by atoms with Crippen molar-refractivity contribution in [2.75, 3.05) is 25.2 Å². The summed E-state index contributed by atoms with van der Waals surface area (Å²) in [6.07, 6.45) is 3.48. The lowest BCUT2D eigenvalue weighted by atomic mass is 10.3. The van der Waals surface area contributed by atoms with E-state index in [1.54, 1.807) is 41.2 Å². The van der Waals surface area contributed by atoms with E-state index in [9.17, 15) is 9.18 Å². The highest BCUT2D eigenvalue weighted by molar-refractivity contribution is 7.22. The highest BCUT2D eigenvalue weighted by atomic mass is 32.1. The molecule has 2 aromatic heterocycles. The Morgan fingerprint density at radius 2 is 2.00 bits per heavy atom. The Morgan fingerprint density at radius 3 is 2.73 bits per heavy atom. The second kappa shape index (κ2) is 8.91. The Bertz CT molecular complexity index is 1150. The predicted octanol–water partition coefficient (Wildman–Crippen LogP) is 3.75. The Hall–Kier alpha value is -3.46. The maximum atomic E-state index is 14.1. The molecule has 0 saturated carbocycles. The fraction of sp³-hybridized carbons (Fsp3) is 0.190. The first kappa shape index (κ1) is 19.8. The van der Waals surface area contributed by atoms with Crippen molar-refractivity contribution in [1.82, 2.24) is 14.8 Å². The molecule has 0 atom stereocenters.